The van der Waals surface area contributed by atoms with E-state index >= 15 is 0 Å². The molecule has 2 aromatic carbocycles. The number of ketones is 1. The first-order valence-electron chi connectivity index (χ1n) is 13.5. The fourth-order valence-corrected chi connectivity index (χ4v) is 4.69. The van der Waals surface area contributed by atoms with E-state index in [1.54, 1.807) is 11.0 Å². The summed E-state index contributed by atoms with van der Waals surface area (Å²) in [6.07, 6.45) is 0.575. The zero-order valence-electron chi connectivity index (χ0n) is 23.7. The van der Waals surface area contributed by atoms with E-state index in [1.807, 2.05) is 65.0 Å². The van der Waals surface area contributed by atoms with Crippen LogP contribution in [0.2, 0.25) is 0 Å². The zero-order valence-corrected chi connectivity index (χ0v) is 23.7. The van der Waals surface area contributed by atoms with Gasteiger partial charge in [0, 0.05) is 6.54 Å². The van der Waals surface area contributed by atoms with Crippen LogP contribution in [-0.4, -0.2) is 59.7 Å². The molecule has 0 aliphatic heterocycles. The first kappa shape index (κ1) is 30.0. The molecule has 0 aromatic heterocycles. The Kier molecular flexibility index (Phi) is 9.97. The first-order valence-corrected chi connectivity index (χ1v) is 13.5. The molecule has 1 aliphatic carbocycles. The van der Waals surface area contributed by atoms with Gasteiger partial charge < -0.3 is 29.5 Å². The normalized spacial score (nSPS) is 15.1. The number of benzene rings is 2. The Morgan fingerprint density at radius 3 is 2.26 bits per heavy atom. The SMILES string of the molecule is CCOc1cc(C(C)N(CCOC(C)c2ccccc2)C(=O)NC2(C(=O)O)CC2)c(C)c(OCC)c1C(C)=O. The number of hydrogen-bond donors (Lipinski definition) is 2. The van der Waals surface area contributed by atoms with Crippen LogP contribution in [0.4, 0.5) is 4.79 Å². The van der Waals surface area contributed by atoms with Gasteiger partial charge in [0.15, 0.2) is 5.78 Å². The molecular weight excluding hydrogens is 500 g/mol. The highest BCUT2D eigenvalue weighted by Gasteiger charge is 2.52. The van der Waals surface area contributed by atoms with E-state index < -0.39 is 23.6 Å². The summed E-state index contributed by atoms with van der Waals surface area (Å²) < 4.78 is 17.8. The summed E-state index contributed by atoms with van der Waals surface area (Å²) in [7, 11) is 0. The average Bonchev–Trinajstić information content (AvgIpc) is 3.69. The van der Waals surface area contributed by atoms with Crippen molar-refractivity contribution in [3.8, 4) is 11.5 Å². The Labute approximate surface area is 230 Å². The van der Waals surface area contributed by atoms with Gasteiger partial charge in [-0.1, -0.05) is 30.3 Å². The summed E-state index contributed by atoms with van der Waals surface area (Å²) in [6.45, 7) is 11.9. The molecule has 2 aromatic rings. The number of urea groups is 1. The standard InChI is InChI=1S/C30H40N2O7/c1-7-37-25-18-24(19(3)27(38-8-2)26(25)21(5)33)20(4)32(29(36)31-30(14-15-30)28(34)35)16-17-39-22(6)23-12-10-9-11-13-23/h9-13,18,20,22H,7-8,14-17H2,1-6H3,(H,31,36)(H,34,35). The Morgan fingerprint density at radius 1 is 1.08 bits per heavy atom. The van der Waals surface area contributed by atoms with Gasteiger partial charge in [0.25, 0.3) is 0 Å². The lowest BCUT2D eigenvalue weighted by Crippen LogP contribution is -2.51. The van der Waals surface area contributed by atoms with Gasteiger partial charge in [0.2, 0.25) is 0 Å². The van der Waals surface area contributed by atoms with Crippen LogP contribution in [0.1, 0.15) is 86.7 Å². The van der Waals surface area contributed by atoms with Crippen LogP contribution >= 0.6 is 0 Å². The number of carbonyl (C=O) groups is 3. The van der Waals surface area contributed by atoms with E-state index in [9.17, 15) is 19.5 Å². The second-order valence-corrected chi connectivity index (χ2v) is 9.83. The summed E-state index contributed by atoms with van der Waals surface area (Å²) >= 11 is 0. The lowest BCUT2D eigenvalue weighted by atomic mass is 9.95. The van der Waals surface area contributed by atoms with Crippen molar-refractivity contribution in [2.75, 3.05) is 26.4 Å². The van der Waals surface area contributed by atoms with Crippen molar-refractivity contribution >= 4 is 17.8 Å². The van der Waals surface area contributed by atoms with Crippen LogP contribution in [0.5, 0.6) is 11.5 Å². The van der Waals surface area contributed by atoms with Gasteiger partial charge >= 0.3 is 12.0 Å². The number of carboxylic acid groups (broad SMARTS) is 1. The molecule has 2 atom stereocenters. The predicted octanol–water partition coefficient (Wildman–Crippen LogP) is 5.46. The zero-order chi connectivity index (χ0) is 28.7. The highest BCUT2D eigenvalue weighted by Crippen LogP contribution is 2.40. The summed E-state index contributed by atoms with van der Waals surface area (Å²) in [5, 5.41) is 12.4. The van der Waals surface area contributed by atoms with E-state index in [-0.39, 0.29) is 25.0 Å². The minimum atomic E-state index is -1.24. The minimum Gasteiger partial charge on any atom is -0.493 e. The minimum absolute atomic E-state index is 0.181. The van der Waals surface area contributed by atoms with Gasteiger partial charge in [-0.05, 0) is 77.1 Å². The third-order valence-electron chi connectivity index (χ3n) is 7.13. The maximum atomic E-state index is 13.6. The molecule has 1 fully saturated rings. The van der Waals surface area contributed by atoms with E-state index in [2.05, 4.69) is 5.32 Å². The number of rotatable bonds is 14. The van der Waals surface area contributed by atoms with Gasteiger partial charge in [0.05, 0.1) is 32.0 Å². The average molecular weight is 541 g/mol. The fourth-order valence-electron chi connectivity index (χ4n) is 4.69. The molecule has 2 amide bonds. The monoisotopic (exact) mass is 540 g/mol. The summed E-state index contributed by atoms with van der Waals surface area (Å²) in [6, 6.07) is 10.6. The van der Waals surface area contributed by atoms with Crippen LogP contribution in [-0.2, 0) is 9.53 Å². The van der Waals surface area contributed by atoms with Gasteiger partial charge in [-0.2, -0.15) is 0 Å². The van der Waals surface area contributed by atoms with Gasteiger partial charge in [-0.25, -0.2) is 9.59 Å². The van der Waals surface area contributed by atoms with Crippen LogP contribution in [0.3, 0.4) is 0 Å². The molecule has 0 bridgehead atoms. The van der Waals surface area contributed by atoms with Crippen LogP contribution in [0.25, 0.3) is 0 Å². The van der Waals surface area contributed by atoms with E-state index in [0.717, 1.165) is 11.1 Å². The Balaban J connectivity index is 1.95. The molecule has 9 nitrogen and oxygen atoms in total. The number of Topliss-reactive ketones (excluding diaryl/α,β-unsaturated/α-hetero) is 1. The number of carboxylic acids is 1. The number of carbonyl (C=O) groups excluding carboxylic acids is 2. The molecule has 3 rings (SSSR count). The van der Waals surface area contributed by atoms with Crippen molar-refractivity contribution in [2.45, 2.75) is 72.1 Å². The quantitative estimate of drug-likeness (QED) is 0.306. The van der Waals surface area contributed by atoms with E-state index in [4.69, 9.17) is 14.2 Å². The first-order chi connectivity index (χ1) is 18.6. The van der Waals surface area contributed by atoms with Gasteiger partial charge in [0.1, 0.15) is 22.6 Å². The predicted molar refractivity (Wildman–Crippen MR) is 148 cm³/mol. The van der Waals surface area contributed by atoms with Crippen molar-refractivity contribution in [1.82, 2.24) is 10.2 Å². The number of aliphatic carboxylic acids is 1. The molecule has 39 heavy (non-hydrogen) atoms. The topological polar surface area (TPSA) is 114 Å². The number of nitrogens with one attached hydrogen (secondary N) is 1. The maximum Gasteiger partial charge on any atom is 0.329 e. The summed E-state index contributed by atoms with van der Waals surface area (Å²) in [5.41, 5.74) is 1.59. The van der Waals surface area contributed by atoms with Crippen LogP contribution in [0.15, 0.2) is 36.4 Å². The molecule has 2 N–H and O–H groups in total. The van der Waals surface area contributed by atoms with Gasteiger partial charge in [-0.15, -0.1) is 0 Å². The number of amides is 2. The Bertz CT molecular complexity index is 1180. The number of ether oxygens (including phenoxy) is 3. The van der Waals surface area contributed by atoms with Crippen LogP contribution in [0, 0.1) is 6.92 Å². The molecule has 0 spiro atoms. The number of nitrogens with zero attached hydrogens (tertiary/aromatic N) is 1. The van der Waals surface area contributed by atoms with E-state index in [1.165, 1.54) is 6.92 Å². The molecule has 212 valence electrons. The van der Waals surface area contributed by atoms with Crippen molar-refractivity contribution in [3.05, 3.63) is 58.7 Å². The molecule has 1 saturated carbocycles. The molecular formula is C30H40N2O7. The molecule has 1 aliphatic rings. The Hall–Kier alpha value is -3.59. The largest absolute Gasteiger partial charge is 0.493 e. The third kappa shape index (κ3) is 6.89. The number of hydrogen-bond acceptors (Lipinski definition) is 6. The molecule has 0 radical (unpaired) electrons. The molecule has 0 saturated heterocycles. The third-order valence-corrected chi connectivity index (χ3v) is 7.13. The Morgan fingerprint density at radius 2 is 1.72 bits per heavy atom. The summed E-state index contributed by atoms with van der Waals surface area (Å²) in [4.78, 5) is 39.5. The summed E-state index contributed by atoms with van der Waals surface area (Å²) in [5.74, 6) is -0.411. The molecule has 0 heterocycles. The maximum absolute atomic E-state index is 13.6. The van der Waals surface area contributed by atoms with Crippen molar-refractivity contribution < 1.29 is 33.7 Å². The van der Waals surface area contributed by atoms with Gasteiger partial charge in [-0.3, -0.25) is 4.79 Å². The smallest absolute Gasteiger partial charge is 0.329 e. The second kappa shape index (κ2) is 13.0. The lowest BCUT2D eigenvalue weighted by Gasteiger charge is -2.33. The fraction of sp³-hybridized carbons (Fsp3) is 0.500. The lowest BCUT2D eigenvalue weighted by molar-refractivity contribution is -0.140. The highest BCUT2D eigenvalue weighted by molar-refractivity contribution is 6.00. The molecule has 2 unspecified atom stereocenters. The molecule has 9 heteroatoms. The second-order valence-electron chi connectivity index (χ2n) is 9.83. The highest BCUT2D eigenvalue weighted by atomic mass is 16.5. The van der Waals surface area contributed by atoms with Crippen molar-refractivity contribution in [1.29, 1.82) is 0 Å². The van der Waals surface area contributed by atoms with Crippen molar-refractivity contribution in [2.24, 2.45) is 0 Å². The van der Waals surface area contributed by atoms with E-state index in [0.29, 0.717) is 48.7 Å². The van der Waals surface area contributed by atoms with Crippen molar-refractivity contribution in [3.63, 3.8) is 0 Å². The van der Waals surface area contributed by atoms with Crippen LogP contribution < -0.4 is 14.8 Å².